The van der Waals surface area contributed by atoms with Crippen LogP contribution in [-0.4, -0.2) is 30.9 Å². The average Bonchev–Trinajstić information content (AvgIpc) is 2.47. The number of sulfonamides is 1. The second kappa shape index (κ2) is 6.24. The van der Waals surface area contributed by atoms with Crippen molar-refractivity contribution < 1.29 is 13.5 Å². The Kier molecular flexibility index (Phi) is 4.98. The zero-order valence-corrected chi connectivity index (χ0v) is 14.0. The van der Waals surface area contributed by atoms with Gasteiger partial charge in [-0.15, -0.1) is 0 Å². The van der Waals surface area contributed by atoms with E-state index in [9.17, 15) is 8.42 Å². The number of halogens is 1. The first-order valence-corrected chi connectivity index (χ1v) is 9.04. The number of piperidine rings is 1. The molecule has 2 rings (SSSR count). The molecular formula is C15H22ClNO3S. The van der Waals surface area contributed by atoms with Gasteiger partial charge >= 0.3 is 0 Å². The van der Waals surface area contributed by atoms with Crippen molar-refractivity contribution in [3.63, 3.8) is 0 Å². The Labute approximate surface area is 131 Å². The molecule has 0 spiro atoms. The van der Waals surface area contributed by atoms with E-state index in [1.165, 1.54) is 16.4 Å². The van der Waals surface area contributed by atoms with E-state index in [0.29, 0.717) is 18.7 Å². The number of aliphatic hydroxyl groups is 1. The Morgan fingerprint density at radius 3 is 2.43 bits per heavy atom. The molecule has 118 valence electrons. The van der Waals surface area contributed by atoms with Crippen LogP contribution >= 0.6 is 11.6 Å². The van der Waals surface area contributed by atoms with Crippen molar-refractivity contribution in [2.45, 2.75) is 44.6 Å². The van der Waals surface area contributed by atoms with Gasteiger partial charge in [-0.25, -0.2) is 8.42 Å². The van der Waals surface area contributed by atoms with Gasteiger partial charge in [0, 0.05) is 18.1 Å². The van der Waals surface area contributed by atoms with Crippen LogP contribution in [0.4, 0.5) is 0 Å². The first kappa shape index (κ1) is 16.7. The van der Waals surface area contributed by atoms with Crippen molar-refractivity contribution in [2.24, 2.45) is 5.41 Å². The van der Waals surface area contributed by atoms with Gasteiger partial charge in [-0.3, -0.25) is 0 Å². The third-order valence-corrected chi connectivity index (χ3v) is 6.86. The summed E-state index contributed by atoms with van der Waals surface area (Å²) in [6.07, 6.45) is 2.83. The summed E-state index contributed by atoms with van der Waals surface area (Å²) in [5.74, 6) is 0. The molecule has 1 N–H and O–H groups in total. The van der Waals surface area contributed by atoms with E-state index in [1.54, 1.807) is 6.07 Å². The maximum Gasteiger partial charge on any atom is 0.243 e. The van der Waals surface area contributed by atoms with Gasteiger partial charge in [0.2, 0.25) is 10.0 Å². The van der Waals surface area contributed by atoms with Crippen molar-refractivity contribution >= 4 is 21.6 Å². The molecule has 1 heterocycles. The molecule has 0 atom stereocenters. The molecule has 0 aromatic heterocycles. The molecule has 4 nitrogen and oxygen atoms in total. The van der Waals surface area contributed by atoms with E-state index >= 15 is 0 Å². The fourth-order valence-corrected chi connectivity index (χ4v) is 4.36. The molecule has 0 aliphatic carbocycles. The Hall–Kier alpha value is -0.620. The van der Waals surface area contributed by atoms with E-state index in [0.717, 1.165) is 19.3 Å². The predicted octanol–water partition coefficient (Wildman–Crippen LogP) is 3.03. The fourth-order valence-electron chi connectivity index (χ4n) is 2.59. The van der Waals surface area contributed by atoms with E-state index in [1.807, 2.05) is 0 Å². The number of rotatable bonds is 4. The summed E-state index contributed by atoms with van der Waals surface area (Å²) in [6, 6.07) is 4.51. The summed E-state index contributed by atoms with van der Waals surface area (Å²) in [6.45, 7) is 5.26. The van der Waals surface area contributed by atoms with Gasteiger partial charge in [-0.05, 0) is 36.0 Å². The van der Waals surface area contributed by atoms with Crippen molar-refractivity contribution in [1.29, 1.82) is 0 Å². The zero-order valence-electron chi connectivity index (χ0n) is 12.5. The maximum absolute atomic E-state index is 12.6. The molecule has 0 unspecified atom stereocenters. The highest BCUT2D eigenvalue weighted by Crippen LogP contribution is 2.36. The second-order valence-corrected chi connectivity index (χ2v) is 8.32. The topological polar surface area (TPSA) is 57.6 Å². The largest absolute Gasteiger partial charge is 0.392 e. The molecule has 21 heavy (non-hydrogen) atoms. The lowest BCUT2D eigenvalue weighted by atomic mass is 9.79. The Bertz CT molecular complexity index is 607. The number of hydrogen-bond acceptors (Lipinski definition) is 3. The molecule has 1 fully saturated rings. The van der Waals surface area contributed by atoms with Crippen molar-refractivity contribution in [3.8, 4) is 0 Å². The van der Waals surface area contributed by atoms with Gasteiger partial charge < -0.3 is 5.11 Å². The SMILES string of the molecule is CCC1(C)CCN(S(=O)(=O)c2ccc(CO)c(Cl)c2)CC1. The molecule has 1 aliphatic heterocycles. The lowest BCUT2D eigenvalue weighted by Crippen LogP contribution is -2.41. The highest BCUT2D eigenvalue weighted by atomic mass is 35.5. The number of hydrogen-bond donors (Lipinski definition) is 1. The first-order valence-electron chi connectivity index (χ1n) is 7.22. The van der Waals surface area contributed by atoms with Crippen LogP contribution in [0.25, 0.3) is 0 Å². The minimum atomic E-state index is -3.50. The summed E-state index contributed by atoms with van der Waals surface area (Å²) in [7, 11) is -3.50. The van der Waals surface area contributed by atoms with E-state index < -0.39 is 10.0 Å². The van der Waals surface area contributed by atoms with Crippen LogP contribution in [0.15, 0.2) is 23.1 Å². The number of nitrogens with zero attached hydrogens (tertiary/aromatic N) is 1. The molecule has 0 amide bonds. The third-order valence-electron chi connectivity index (χ3n) is 4.62. The summed E-state index contributed by atoms with van der Waals surface area (Å²) in [4.78, 5) is 0.199. The van der Waals surface area contributed by atoms with Gasteiger partial charge in [0.1, 0.15) is 0 Å². The van der Waals surface area contributed by atoms with Gasteiger partial charge in [0.25, 0.3) is 0 Å². The molecule has 1 saturated heterocycles. The maximum atomic E-state index is 12.6. The highest BCUT2D eigenvalue weighted by Gasteiger charge is 2.34. The van der Waals surface area contributed by atoms with Crippen LogP contribution in [0.2, 0.25) is 5.02 Å². The fraction of sp³-hybridized carbons (Fsp3) is 0.600. The summed E-state index contributed by atoms with van der Waals surface area (Å²) < 4.78 is 26.8. The van der Waals surface area contributed by atoms with Gasteiger partial charge in [0.05, 0.1) is 11.5 Å². The van der Waals surface area contributed by atoms with Crippen LogP contribution in [0.1, 0.15) is 38.7 Å². The molecule has 6 heteroatoms. The van der Waals surface area contributed by atoms with Crippen molar-refractivity contribution in [3.05, 3.63) is 28.8 Å². The molecule has 0 saturated carbocycles. The van der Waals surface area contributed by atoms with Gasteiger partial charge in [-0.2, -0.15) is 4.31 Å². The Morgan fingerprint density at radius 2 is 1.95 bits per heavy atom. The summed E-state index contributed by atoms with van der Waals surface area (Å²) in [5.41, 5.74) is 0.776. The lowest BCUT2D eigenvalue weighted by molar-refractivity contribution is 0.169. The van der Waals surface area contributed by atoms with Crippen molar-refractivity contribution in [2.75, 3.05) is 13.1 Å². The first-order chi connectivity index (χ1) is 9.82. The van der Waals surface area contributed by atoms with Crippen LogP contribution in [0.3, 0.4) is 0 Å². The molecule has 0 bridgehead atoms. The second-order valence-electron chi connectivity index (χ2n) is 5.98. The number of aliphatic hydroxyl groups excluding tert-OH is 1. The Balaban J connectivity index is 2.21. The smallest absolute Gasteiger partial charge is 0.243 e. The molecular weight excluding hydrogens is 310 g/mol. The van der Waals surface area contributed by atoms with Gasteiger partial charge in [0.15, 0.2) is 0 Å². The zero-order chi connectivity index (χ0) is 15.7. The quantitative estimate of drug-likeness (QED) is 0.922. The van der Waals surface area contributed by atoms with Gasteiger partial charge in [-0.1, -0.05) is 37.9 Å². The third kappa shape index (κ3) is 3.42. The standard InChI is InChI=1S/C15H22ClNO3S/c1-3-15(2)6-8-17(9-7-15)21(19,20)13-5-4-12(11-18)14(16)10-13/h4-5,10,18H,3,6-9,11H2,1-2H3. The lowest BCUT2D eigenvalue weighted by Gasteiger charge is -2.38. The van der Waals surface area contributed by atoms with Crippen LogP contribution in [-0.2, 0) is 16.6 Å². The molecule has 1 aromatic carbocycles. The summed E-state index contributed by atoms with van der Waals surface area (Å²) in [5, 5.41) is 9.39. The molecule has 0 radical (unpaired) electrons. The minimum Gasteiger partial charge on any atom is -0.392 e. The van der Waals surface area contributed by atoms with Crippen molar-refractivity contribution in [1.82, 2.24) is 4.31 Å². The Morgan fingerprint density at radius 1 is 1.33 bits per heavy atom. The van der Waals surface area contributed by atoms with E-state index in [-0.39, 0.29) is 21.9 Å². The van der Waals surface area contributed by atoms with Crippen LogP contribution in [0, 0.1) is 5.41 Å². The summed E-state index contributed by atoms with van der Waals surface area (Å²) >= 11 is 6.00. The predicted molar refractivity (Wildman–Crippen MR) is 83.8 cm³/mol. The monoisotopic (exact) mass is 331 g/mol. The normalized spacial score (nSPS) is 19.6. The van der Waals surface area contributed by atoms with Crippen LogP contribution in [0.5, 0.6) is 0 Å². The molecule has 1 aliphatic rings. The van der Waals surface area contributed by atoms with Crippen LogP contribution < -0.4 is 0 Å². The minimum absolute atomic E-state index is 0.197. The average molecular weight is 332 g/mol. The number of benzene rings is 1. The highest BCUT2D eigenvalue weighted by molar-refractivity contribution is 7.89. The van der Waals surface area contributed by atoms with E-state index in [4.69, 9.17) is 16.7 Å². The molecule has 1 aromatic rings. The van der Waals surface area contributed by atoms with E-state index in [2.05, 4.69) is 13.8 Å².